The maximum atomic E-state index is 13.7. The Balaban J connectivity index is 1.70. The fourth-order valence-corrected chi connectivity index (χ4v) is 5.16. The molecule has 0 aromatic heterocycles. The zero-order valence-electron chi connectivity index (χ0n) is 18.9. The number of nitrogens with one attached hydrogen (secondary N) is 1. The highest BCUT2D eigenvalue weighted by Crippen LogP contribution is 2.45. The van der Waals surface area contributed by atoms with E-state index in [0.717, 1.165) is 22.8 Å². The second kappa shape index (κ2) is 10.4. The molecule has 0 spiro atoms. The van der Waals surface area contributed by atoms with Crippen molar-refractivity contribution < 1.29 is 18.7 Å². The number of rotatable bonds is 7. The van der Waals surface area contributed by atoms with Gasteiger partial charge >= 0.3 is 5.97 Å². The van der Waals surface area contributed by atoms with Crippen LogP contribution in [0.2, 0.25) is 0 Å². The molecule has 33 heavy (non-hydrogen) atoms. The quantitative estimate of drug-likeness (QED) is 0.433. The first-order valence-corrected chi connectivity index (χ1v) is 12.4. The van der Waals surface area contributed by atoms with Crippen LogP contribution in [0.5, 0.6) is 0 Å². The Morgan fingerprint density at radius 1 is 1.09 bits per heavy atom. The van der Waals surface area contributed by atoms with Gasteiger partial charge in [-0.15, -0.1) is 0 Å². The number of benzene rings is 2. The minimum atomic E-state index is -0.572. The van der Waals surface area contributed by atoms with Crippen molar-refractivity contribution in [1.29, 1.82) is 0 Å². The second-order valence-electron chi connectivity index (χ2n) is 8.31. The van der Waals surface area contributed by atoms with Gasteiger partial charge in [-0.05, 0) is 48.3 Å². The molecule has 172 valence electrons. The summed E-state index contributed by atoms with van der Waals surface area (Å²) in [5.74, 6) is 0.383. The molecule has 6 heteroatoms. The summed E-state index contributed by atoms with van der Waals surface area (Å²) in [6, 6.07) is 16.1. The Labute approximate surface area is 198 Å². The van der Waals surface area contributed by atoms with E-state index in [1.165, 1.54) is 12.1 Å². The van der Waals surface area contributed by atoms with Crippen LogP contribution in [0.4, 0.5) is 4.39 Å². The fourth-order valence-electron chi connectivity index (χ4n) is 4.67. The van der Waals surface area contributed by atoms with Crippen molar-refractivity contribution in [2.75, 3.05) is 18.1 Å². The summed E-state index contributed by atoms with van der Waals surface area (Å²) in [5, 5.41) is 3.35. The molecule has 2 atom stereocenters. The Morgan fingerprint density at radius 2 is 1.82 bits per heavy atom. The lowest BCUT2D eigenvalue weighted by atomic mass is 9.72. The normalized spacial score (nSPS) is 20.4. The largest absolute Gasteiger partial charge is 0.461 e. The van der Waals surface area contributed by atoms with Crippen LogP contribution in [0.25, 0.3) is 0 Å². The lowest BCUT2D eigenvalue weighted by molar-refractivity contribution is -0.138. The van der Waals surface area contributed by atoms with E-state index in [2.05, 4.69) is 12.2 Å². The number of ketones is 1. The Hall–Kier alpha value is -2.86. The summed E-state index contributed by atoms with van der Waals surface area (Å²) >= 11 is 1.70. The summed E-state index contributed by atoms with van der Waals surface area (Å²) in [7, 11) is 0. The highest BCUT2D eigenvalue weighted by Gasteiger charge is 2.41. The number of Topliss-reactive ketones (excluding diaryl/α,β-unsaturated/α-hetero) is 1. The van der Waals surface area contributed by atoms with E-state index in [1.54, 1.807) is 23.9 Å². The summed E-state index contributed by atoms with van der Waals surface area (Å²) in [5.41, 5.74) is 4.37. The molecule has 0 bridgehead atoms. The smallest absolute Gasteiger partial charge is 0.336 e. The fraction of sp³-hybridized carbons (Fsp3) is 0.333. The first-order valence-electron chi connectivity index (χ1n) is 11.3. The molecule has 1 aliphatic carbocycles. The van der Waals surface area contributed by atoms with Crippen molar-refractivity contribution in [3.8, 4) is 0 Å². The number of carbonyl (C=O) groups is 2. The van der Waals surface area contributed by atoms with Gasteiger partial charge in [0.05, 0.1) is 5.57 Å². The van der Waals surface area contributed by atoms with E-state index in [0.29, 0.717) is 41.9 Å². The molecule has 1 heterocycles. The third-order valence-electron chi connectivity index (χ3n) is 6.19. The molecule has 0 saturated carbocycles. The second-order valence-corrected chi connectivity index (χ2v) is 9.71. The number of ether oxygens (including phenoxy) is 1. The van der Waals surface area contributed by atoms with Gasteiger partial charge in [-0.1, -0.05) is 49.4 Å². The molecule has 0 unspecified atom stereocenters. The van der Waals surface area contributed by atoms with Crippen LogP contribution in [0.3, 0.4) is 0 Å². The van der Waals surface area contributed by atoms with Crippen molar-refractivity contribution >= 4 is 23.5 Å². The molecule has 2 aromatic rings. The van der Waals surface area contributed by atoms with E-state index in [1.807, 2.05) is 37.3 Å². The molecule has 0 amide bonds. The number of halogens is 1. The third-order valence-corrected chi connectivity index (χ3v) is 7.05. The van der Waals surface area contributed by atoms with Gasteiger partial charge in [0.2, 0.25) is 0 Å². The highest BCUT2D eigenvalue weighted by molar-refractivity contribution is 7.99. The molecule has 4 rings (SSSR count). The van der Waals surface area contributed by atoms with Crippen LogP contribution in [0.1, 0.15) is 49.7 Å². The summed E-state index contributed by atoms with van der Waals surface area (Å²) < 4.78 is 19.2. The monoisotopic (exact) mass is 465 g/mol. The number of carbonyl (C=O) groups excluding carboxylic acids is 2. The minimum absolute atomic E-state index is 0.00580. The number of esters is 1. The Morgan fingerprint density at radius 3 is 2.52 bits per heavy atom. The average molecular weight is 466 g/mol. The van der Waals surface area contributed by atoms with Gasteiger partial charge in [0, 0.05) is 35.1 Å². The van der Waals surface area contributed by atoms with Gasteiger partial charge in [0.1, 0.15) is 12.4 Å². The van der Waals surface area contributed by atoms with E-state index in [4.69, 9.17) is 4.74 Å². The standard InChI is InChI=1S/C27H28FNO3S/c1-3-33-14-13-32-27(31)24-17(2)29-22-15-20(18-7-5-4-6-8-18)16-23(30)26(22)25(24)19-9-11-21(28)12-10-19/h4-12,20,25,29H,3,13-16H2,1-2H3/t20-,25-/m1/s1. The molecular weight excluding hydrogens is 437 g/mol. The molecule has 2 aliphatic rings. The first-order chi connectivity index (χ1) is 16.0. The predicted molar refractivity (Wildman–Crippen MR) is 129 cm³/mol. The van der Waals surface area contributed by atoms with E-state index in [9.17, 15) is 14.0 Å². The molecular formula is C27H28FNO3S. The average Bonchev–Trinajstić information content (AvgIpc) is 2.82. The van der Waals surface area contributed by atoms with Crippen LogP contribution in [0.15, 0.2) is 77.1 Å². The zero-order valence-corrected chi connectivity index (χ0v) is 19.7. The maximum Gasteiger partial charge on any atom is 0.336 e. The van der Waals surface area contributed by atoms with E-state index in [-0.39, 0.29) is 17.5 Å². The van der Waals surface area contributed by atoms with Gasteiger partial charge in [-0.25, -0.2) is 9.18 Å². The number of thioether (sulfide) groups is 1. The van der Waals surface area contributed by atoms with Crippen LogP contribution < -0.4 is 5.32 Å². The van der Waals surface area contributed by atoms with Crippen molar-refractivity contribution in [2.24, 2.45) is 0 Å². The van der Waals surface area contributed by atoms with Crippen molar-refractivity contribution in [3.63, 3.8) is 0 Å². The van der Waals surface area contributed by atoms with Crippen LogP contribution in [-0.2, 0) is 14.3 Å². The Bertz CT molecular complexity index is 1090. The van der Waals surface area contributed by atoms with Crippen LogP contribution >= 0.6 is 11.8 Å². The first kappa shape index (κ1) is 23.3. The Kier molecular flexibility index (Phi) is 7.33. The lowest BCUT2D eigenvalue weighted by Gasteiger charge is -2.36. The highest BCUT2D eigenvalue weighted by atomic mass is 32.2. The molecule has 2 aromatic carbocycles. The van der Waals surface area contributed by atoms with Crippen molar-refractivity contribution in [1.82, 2.24) is 5.32 Å². The number of hydrogen-bond acceptors (Lipinski definition) is 5. The molecule has 1 N–H and O–H groups in total. The third kappa shape index (κ3) is 5.06. The van der Waals surface area contributed by atoms with E-state index >= 15 is 0 Å². The summed E-state index contributed by atoms with van der Waals surface area (Å²) in [4.78, 5) is 26.6. The van der Waals surface area contributed by atoms with Crippen LogP contribution in [-0.4, -0.2) is 29.9 Å². The summed E-state index contributed by atoms with van der Waals surface area (Å²) in [6.45, 7) is 4.20. The number of dihydropyridines is 1. The maximum absolute atomic E-state index is 13.7. The van der Waals surface area contributed by atoms with Crippen molar-refractivity contribution in [2.45, 2.75) is 38.5 Å². The van der Waals surface area contributed by atoms with Crippen LogP contribution in [0, 0.1) is 5.82 Å². The minimum Gasteiger partial charge on any atom is -0.461 e. The van der Waals surface area contributed by atoms with Gasteiger partial charge < -0.3 is 10.1 Å². The SMILES string of the molecule is CCSCCOC(=O)C1=C(C)NC2=C(C(=O)C[C@H](c3ccccc3)C2)[C@@H]1c1ccc(F)cc1. The topological polar surface area (TPSA) is 55.4 Å². The summed E-state index contributed by atoms with van der Waals surface area (Å²) in [6.07, 6.45) is 1.05. The predicted octanol–water partition coefficient (Wildman–Crippen LogP) is 5.48. The van der Waals surface area contributed by atoms with Gasteiger partial charge in [0.25, 0.3) is 0 Å². The number of hydrogen-bond donors (Lipinski definition) is 1. The van der Waals surface area contributed by atoms with Gasteiger partial charge in [-0.2, -0.15) is 11.8 Å². The molecule has 1 aliphatic heterocycles. The lowest BCUT2D eigenvalue weighted by Crippen LogP contribution is -2.36. The van der Waals surface area contributed by atoms with E-state index < -0.39 is 11.9 Å². The molecule has 0 radical (unpaired) electrons. The molecule has 4 nitrogen and oxygen atoms in total. The molecule has 0 fully saturated rings. The number of allylic oxidation sites excluding steroid dienone is 3. The van der Waals surface area contributed by atoms with Crippen molar-refractivity contribution in [3.05, 3.63) is 94.1 Å². The van der Waals surface area contributed by atoms with Gasteiger partial charge in [-0.3, -0.25) is 4.79 Å². The zero-order chi connectivity index (χ0) is 23.4. The molecule has 0 saturated heterocycles. The van der Waals surface area contributed by atoms with Gasteiger partial charge in [0.15, 0.2) is 5.78 Å².